The number of nitrogens with zero attached hydrogens (tertiary/aromatic N) is 3. The number of likely N-dealkylation sites (tertiary alicyclic amines) is 1. The van der Waals surface area contributed by atoms with Crippen molar-refractivity contribution in [3.8, 4) is 5.69 Å². The zero-order chi connectivity index (χ0) is 18.5. The van der Waals surface area contributed by atoms with E-state index in [0.717, 1.165) is 11.3 Å². The lowest BCUT2D eigenvalue weighted by Gasteiger charge is -2.22. The zero-order valence-electron chi connectivity index (χ0n) is 14.4. The predicted octanol–water partition coefficient (Wildman–Crippen LogP) is 0.0936. The minimum absolute atomic E-state index is 0.240. The maximum atomic E-state index is 12.4. The third-order valence-electron chi connectivity index (χ3n) is 5.14. The van der Waals surface area contributed by atoms with Crippen molar-refractivity contribution < 1.29 is 19.4 Å². The van der Waals surface area contributed by atoms with Crippen LogP contribution in [-0.2, 0) is 28.2 Å². The molecule has 1 fully saturated rings. The molecule has 2 aliphatic heterocycles. The maximum absolute atomic E-state index is 12.4. The lowest BCUT2D eigenvalue weighted by atomic mass is 9.92. The molecule has 1 aromatic heterocycles. The molecule has 1 atom stereocenters. The third-order valence-corrected chi connectivity index (χ3v) is 5.14. The van der Waals surface area contributed by atoms with Gasteiger partial charge in [0.2, 0.25) is 0 Å². The summed E-state index contributed by atoms with van der Waals surface area (Å²) in [7, 11) is 1.67. The first kappa shape index (κ1) is 16.7. The Bertz CT molecular complexity index is 907. The van der Waals surface area contributed by atoms with Gasteiger partial charge in [-0.2, -0.15) is 5.10 Å². The number of rotatable bonds is 3. The standard InChI is InChI=1S/C18H20N4O4/c1-21-7-6-18(25,17(21)24)11-3-2-4-12(9-11)22-14-10-26-8-5-13(14)15(20-22)16(19)23/h2-4,9,25H,5-8,10H2,1H3,(H2,19,23). The minimum atomic E-state index is -1.54. The topological polar surface area (TPSA) is 111 Å². The Morgan fingerprint density at radius 1 is 1.42 bits per heavy atom. The van der Waals surface area contributed by atoms with Crippen molar-refractivity contribution in [2.24, 2.45) is 5.73 Å². The molecule has 1 aromatic carbocycles. The van der Waals surface area contributed by atoms with Crippen molar-refractivity contribution in [1.29, 1.82) is 0 Å². The van der Waals surface area contributed by atoms with Gasteiger partial charge in [0.15, 0.2) is 11.3 Å². The fourth-order valence-corrected chi connectivity index (χ4v) is 3.67. The molecule has 2 amide bonds. The normalized spacial score (nSPS) is 22.5. The molecule has 0 bridgehead atoms. The van der Waals surface area contributed by atoms with Crippen LogP contribution in [0.15, 0.2) is 24.3 Å². The van der Waals surface area contributed by atoms with Crippen LogP contribution in [0.25, 0.3) is 5.69 Å². The van der Waals surface area contributed by atoms with E-state index in [1.807, 2.05) is 6.07 Å². The Kier molecular flexibility index (Phi) is 3.82. The summed E-state index contributed by atoms with van der Waals surface area (Å²) < 4.78 is 7.12. The van der Waals surface area contributed by atoms with Crippen LogP contribution in [0.3, 0.4) is 0 Å². The summed E-state index contributed by atoms with van der Waals surface area (Å²) in [6.45, 7) is 1.34. The highest BCUT2D eigenvalue weighted by molar-refractivity contribution is 5.92. The van der Waals surface area contributed by atoms with Crippen molar-refractivity contribution in [1.82, 2.24) is 14.7 Å². The number of hydrogen-bond donors (Lipinski definition) is 2. The van der Waals surface area contributed by atoms with Crippen LogP contribution >= 0.6 is 0 Å². The van der Waals surface area contributed by atoms with Gasteiger partial charge in [0.1, 0.15) is 0 Å². The number of carbonyl (C=O) groups is 2. The lowest BCUT2D eigenvalue weighted by molar-refractivity contribution is -0.143. The molecular weight excluding hydrogens is 336 g/mol. The van der Waals surface area contributed by atoms with Crippen molar-refractivity contribution in [3.63, 3.8) is 0 Å². The number of carbonyl (C=O) groups excluding carboxylic acids is 2. The summed E-state index contributed by atoms with van der Waals surface area (Å²) in [5, 5.41) is 15.3. The lowest BCUT2D eigenvalue weighted by Crippen LogP contribution is -2.36. The van der Waals surface area contributed by atoms with Crippen LogP contribution in [0.1, 0.15) is 33.7 Å². The van der Waals surface area contributed by atoms with Crippen LogP contribution in [0.4, 0.5) is 0 Å². The molecule has 1 unspecified atom stereocenters. The molecule has 8 heteroatoms. The number of ether oxygens (including phenoxy) is 1. The molecule has 0 saturated carbocycles. The molecule has 2 aromatic rings. The number of aromatic nitrogens is 2. The molecule has 4 rings (SSSR count). The fraction of sp³-hybridized carbons (Fsp3) is 0.389. The van der Waals surface area contributed by atoms with E-state index >= 15 is 0 Å². The third kappa shape index (κ3) is 2.41. The zero-order valence-corrected chi connectivity index (χ0v) is 14.4. The van der Waals surface area contributed by atoms with E-state index < -0.39 is 11.5 Å². The van der Waals surface area contributed by atoms with E-state index in [-0.39, 0.29) is 11.6 Å². The van der Waals surface area contributed by atoms with Crippen molar-refractivity contribution >= 4 is 11.8 Å². The average Bonchev–Trinajstić information content (AvgIpc) is 3.16. The highest BCUT2D eigenvalue weighted by Gasteiger charge is 2.45. The van der Waals surface area contributed by atoms with E-state index in [4.69, 9.17) is 10.5 Å². The fourth-order valence-electron chi connectivity index (χ4n) is 3.67. The molecule has 8 nitrogen and oxygen atoms in total. The predicted molar refractivity (Wildman–Crippen MR) is 91.6 cm³/mol. The van der Waals surface area contributed by atoms with Gasteiger partial charge in [0.05, 0.1) is 24.6 Å². The van der Waals surface area contributed by atoms with Crippen molar-refractivity contribution in [2.45, 2.75) is 25.0 Å². The molecule has 2 aliphatic rings. The summed E-state index contributed by atoms with van der Waals surface area (Å²) in [4.78, 5) is 25.6. The van der Waals surface area contributed by atoms with Crippen LogP contribution in [0.5, 0.6) is 0 Å². The summed E-state index contributed by atoms with van der Waals surface area (Å²) >= 11 is 0. The molecule has 3 heterocycles. The van der Waals surface area contributed by atoms with Gasteiger partial charge in [0.25, 0.3) is 11.8 Å². The highest BCUT2D eigenvalue weighted by atomic mass is 16.5. The van der Waals surface area contributed by atoms with Gasteiger partial charge in [-0.15, -0.1) is 0 Å². The number of primary amides is 1. The maximum Gasteiger partial charge on any atom is 0.269 e. The van der Waals surface area contributed by atoms with Gasteiger partial charge in [-0.25, -0.2) is 4.68 Å². The van der Waals surface area contributed by atoms with E-state index in [2.05, 4.69) is 5.10 Å². The molecule has 0 spiro atoms. The SMILES string of the molecule is CN1CCC(O)(c2cccc(-n3nc(C(N)=O)c4c3COCC4)c2)C1=O. The Balaban J connectivity index is 1.81. The second kappa shape index (κ2) is 5.93. The smallest absolute Gasteiger partial charge is 0.269 e. The van der Waals surface area contributed by atoms with E-state index in [1.165, 1.54) is 4.90 Å². The van der Waals surface area contributed by atoms with Crippen LogP contribution in [0.2, 0.25) is 0 Å². The molecule has 1 saturated heterocycles. The molecular formula is C18H20N4O4. The molecule has 0 aliphatic carbocycles. The number of aliphatic hydroxyl groups is 1. The number of hydrogen-bond acceptors (Lipinski definition) is 5. The number of likely N-dealkylation sites (N-methyl/N-ethyl adjacent to an activating group) is 1. The van der Waals surface area contributed by atoms with E-state index in [9.17, 15) is 14.7 Å². The highest BCUT2D eigenvalue weighted by Crippen LogP contribution is 2.34. The summed E-state index contributed by atoms with van der Waals surface area (Å²) in [5.41, 5.74) is 6.88. The Morgan fingerprint density at radius 2 is 2.23 bits per heavy atom. The Hall–Kier alpha value is -2.71. The second-order valence-electron chi connectivity index (χ2n) is 6.74. The average molecular weight is 356 g/mol. The quantitative estimate of drug-likeness (QED) is 0.810. The molecule has 0 radical (unpaired) electrons. The van der Waals surface area contributed by atoms with E-state index in [0.29, 0.717) is 43.9 Å². The second-order valence-corrected chi connectivity index (χ2v) is 6.74. The van der Waals surface area contributed by atoms with E-state index in [1.54, 1.807) is 29.9 Å². The number of benzene rings is 1. The van der Waals surface area contributed by atoms with Gasteiger partial charge < -0.3 is 20.5 Å². The largest absolute Gasteiger partial charge is 0.375 e. The number of amides is 2. The molecule has 3 N–H and O–H groups in total. The molecule has 26 heavy (non-hydrogen) atoms. The summed E-state index contributed by atoms with van der Waals surface area (Å²) in [6.07, 6.45) is 0.902. The van der Waals surface area contributed by atoms with Crippen LogP contribution in [-0.4, -0.2) is 51.8 Å². The van der Waals surface area contributed by atoms with Gasteiger partial charge in [-0.1, -0.05) is 12.1 Å². The number of nitrogens with two attached hydrogens (primary N) is 1. The van der Waals surface area contributed by atoms with Crippen molar-refractivity contribution in [2.75, 3.05) is 20.2 Å². The summed E-state index contributed by atoms with van der Waals surface area (Å²) in [6, 6.07) is 7.02. The minimum Gasteiger partial charge on any atom is -0.375 e. The number of fused-ring (bicyclic) bond motifs is 1. The first-order chi connectivity index (χ1) is 12.4. The Labute approximate surface area is 150 Å². The van der Waals surface area contributed by atoms with Gasteiger partial charge >= 0.3 is 0 Å². The first-order valence-corrected chi connectivity index (χ1v) is 8.49. The van der Waals surface area contributed by atoms with Crippen LogP contribution < -0.4 is 5.73 Å². The summed E-state index contributed by atoms with van der Waals surface area (Å²) in [5.74, 6) is -0.900. The van der Waals surface area contributed by atoms with Crippen LogP contribution in [0, 0.1) is 0 Å². The Morgan fingerprint density at radius 3 is 2.92 bits per heavy atom. The van der Waals surface area contributed by atoms with Gasteiger partial charge in [-0.3, -0.25) is 9.59 Å². The molecule has 136 valence electrons. The monoisotopic (exact) mass is 356 g/mol. The first-order valence-electron chi connectivity index (χ1n) is 8.49. The van der Waals surface area contributed by atoms with Gasteiger partial charge in [0, 0.05) is 32.0 Å². The van der Waals surface area contributed by atoms with Crippen molar-refractivity contribution in [3.05, 3.63) is 46.8 Å². The van der Waals surface area contributed by atoms with Gasteiger partial charge in [-0.05, 0) is 17.7 Å².